The van der Waals surface area contributed by atoms with Gasteiger partial charge in [0.25, 0.3) is 0 Å². The van der Waals surface area contributed by atoms with E-state index in [4.69, 9.17) is 11.6 Å². The Labute approximate surface area is 94.6 Å². The molecule has 0 bridgehead atoms. The average Bonchev–Trinajstić information content (AvgIpc) is 2.54. The number of hydrogen-bond acceptors (Lipinski definition) is 3. The molecule has 0 aliphatic rings. The summed E-state index contributed by atoms with van der Waals surface area (Å²) in [6.07, 6.45) is 1.49. The van der Waals surface area contributed by atoms with Crippen LogP contribution < -0.4 is 5.32 Å². The number of ketones is 1. The molecular weight excluding hydrogens is 214 g/mol. The molecule has 0 amide bonds. The van der Waals surface area contributed by atoms with Crippen molar-refractivity contribution in [3.63, 3.8) is 0 Å². The van der Waals surface area contributed by atoms with Gasteiger partial charge in [0.2, 0.25) is 0 Å². The third kappa shape index (κ3) is 2.79. The SMILES string of the molecule is CCNCC(C)C(=O)c1c(Cl)cnn1C. The van der Waals surface area contributed by atoms with Gasteiger partial charge in [0, 0.05) is 19.5 Å². The number of carbonyl (C=O) groups is 1. The molecule has 5 heteroatoms. The van der Waals surface area contributed by atoms with Gasteiger partial charge in [0.1, 0.15) is 5.69 Å². The molecule has 0 aromatic carbocycles. The quantitative estimate of drug-likeness (QED) is 0.779. The Morgan fingerprint density at radius 3 is 2.87 bits per heavy atom. The van der Waals surface area contributed by atoms with Gasteiger partial charge in [-0.15, -0.1) is 0 Å². The van der Waals surface area contributed by atoms with Gasteiger partial charge < -0.3 is 5.32 Å². The second kappa shape index (κ2) is 5.28. The van der Waals surface area contributed by atoms with E-state index in [1.165, 1.54) is 10.9 Å². The molecule has 0 spiro atoms. The summed E-state index contributed by atoms with van der Waals surface area (Å²) in [6, 6.07) is 0. The molecule has 0 aliphatic carbocycles. The first-order valence-electron chi connectivity index (χ1n) is 5.00. The molecule has 1 aromatic rings. The van der Waals surface area contributed by atoms with Crippen LogP contribution >= 0.6 is 11.6 Å². The van der Waals surface area contributed by atoms with E-state index in [1.54, 1.807) is 7.05 Å². The lowest BCUT2D eigenvalue weighted by atomic mass is 10.0. The molecule has 0 saturated heterocycles. The summed E-state index contributed by atoms with van der Waals surface area (Å²) in [5.41, 5.74) is 0.488. The smallest absolute Gasteiger partial charge is 0.186 e. The molecule has 1 aromatic heterocycles. The second-order valence-electron chi connectivity index (χ2n) is 3.54. The highest BCUT2D eigenvalue weighted by Crippen LogP contribution is 2.17. The van der Waals surface area contributed by atoms with Crippen LogP contribution in [-0.2, 0) is 7.05 Å². The third-order valence-electron chi connectivity index (χ3n) is 2.28. The van der Waals surface area contributed by atoms with Gasteiger partial charge in [-0.3, -0.25) is 9.48 Å². The Morgan fingerprint density at radius 1 is 1.73 bits per heavy atom. The minimum atomic E-state index is -0.0853. The molecule has 4 nitrogen and oxygen atoms in total. The van der Waals surface area contributed by atoms with Crippen molar-refractivity contribution in [2.45, 2.75) is 13.8 Å². The van der Waals surface area contributed by atoms with Crippen molar-refractivity contribution in [3.05, 3.63) is 16.9 Å². The van der Waals surface area contributed by atoms with Gasteiger partial charge in [-0.2, -0.15) is 5.10 Å². The van der Waals surface area contributed by atoms with E-state index in [0.717, 1.165) is 6.54 Å². The monoisotopic (exact) mass is 229 g/mol. The highest BCUT2D eigenvalue weighted by atomic mass is 35.5. The Morgan fingerprint density at radius 2 is 2.40 bits per heavy atom. The lowest BCUT2D eigenvalue weighted by Gasteiger charge is -2.10. The predicted octanol–water partition coefficient (Wildman–Crippen LogP) is 1.50. The number of aromatic nitrogens is 2. The maximum absolute atomic E-state index is 12.0. The Balaban J connectivity index is 2.76. The highest BCUT2D eigenvalue weighted by Gasteiger charge is 2.21. The Bertz CT molecular complexity index is 329. The lowest BCUT2D eigenvalue weighted by molar-refractivity contribution is 0.0920. The van der Waals surface area contributed by atoms with Crippen molar-refractivity contribution in [3.8, 4) is 0 Å². The molecular formula is C10H16ClN3O. The summed E-state index contributed by atoms with van der Waals surface area (Å²) < 4.78 is 1.52. The van der Waals surface area contributed by atoms with Crippen LogP contribution in [0.3, 0.4) is 0 Å². The summed E-state index contributed by atoms with van der Waals surface area (Å²) in [5.74, 6) is -0.0567. The molecule has 1 unspecified atom stereocenters. The number of hydrogen-bond donors (Lipinski definition) is 1. The van der Waals surface area contributed by atoms with E-state index in [9.17, 15) is 4.79 Å². The summed E-state index contributed by atoms with van der Waals surface area (Å²) in [5, 5.41) is 7.50. The molecule has 0 fully saturated rings. The number of carbonyl (C=O) groups excluding carboxylic acids is 1. The fourth-order valence-corrected chi connectivity index (χ4v) is 1.63. The van der Waals surface area contributed by atoms with Crippen molar-refractivity contribution < 1.29 is 4.79 Å². The van der Waals surface area contributed by atoms with Crippen molar-refractivity contribution in [1.82, 2.24) is 15.1 Å². The Hall–Kier alpha value is -0.870. The van der Waals surface area contributed by atoms with E-state index in [0.29, 0.717) is 17.3 Å². The predicted molar refractivity (Wildman–Crippen MR) is 60.3 cm³/mol. The fraction of sp³-hybridized carbons (Fsp3) is 0.600. The summed E-state index contributed by atoms with van der Waals surface area (Å²) in [4.78, 5) is 12.0. The number of Topliss-reactive ketones (excluding diaryl/α,β-unsaturated/α-hetero) is 1. The largest absolute Gasteiger partial charge is 0.316 e. The number of aryl methyl sites for hydroxylation is 1. The van der Waals surface area contributed by atoms with Crippen molar-refractivity contribution >= 4 is 17.4 Å². The molecule has 1 heterocycles. The minimum absolute atomic E-state index is 0.0287. The topological polar surface area (TPSA) is 46.9 Å². The molecule has 1 N–H and O–H groups in total. The zero-order chi connectivity index (χ0) is 11.4. The van der Waals surface area contributed by atoms with Crippen LogP contribution in [0.1, 0.15) is 24.3 Å². The highest BCUT2D eigenvalue weighted by molar-refractivity contribution is 6.33. The molecule has 0 radical (unpaired) electrons. The van der Waals surface area contributed by atoms with Gasteiger partial charge in [-0.05, 0) is 6.54 Å². The molecule has 15 heavy (non-hydrogen) atoms. The first-order valence-corrected chi connectivity index (χ1v) is 5.38. The normalized spacial score (nSPS) is 12.8. The van der Waals surface area contributed by atoms with E-state index in [2.05, 4.69) is 10.4 Å². The first kappa shape index (κ1) is 12.2. The zero-order valence-corrected chi connectivity index (χ0v) is 10.0. The Kier molecular flexibility index (Phi) is 4.29. The summed E-state index contributed by atoms with van der Waals surface area (Å²) in [7, 11) is 1.72. The maximum Gasteiger partial charge on any atom is 0.186 e. The molecule has 0 aliphatic heterocycles. The summed E-state index contributed by atoms with van der Waals surface area (Å²) in [6.45, 7) is 5.41. The van der Waals surface area contributed by atoms with Gasteiger partial charge in [-0.1, -0.05) is 25.4 Å². The molecule has 84 valence electrons. The van der Waals surface area contributed by atoms with Crippen LogP contribution in [0.15, 0.2) is 6.20 Å². The van der Waals surface area contributed by atoms with Crippen LogP contribution in [0, 0.1) is 5.92 Å². The number of nitrogens with zero attached hydrogens (tertiary/aromatic N) is 2. The van der Waals surface area contributed by atoms with Gasteiger partial charge in [0.15, 0.2) is 5.78 Å². The van der Waals surface area contributed by atoms with E-state index in [-0.39, 0.29) is 11.7 Å². The van der Waals surface area contributed by atoms with E-state index < -0.39 is 0 Å². The minimum Gasteiger partial charge on any atom is -0.316 e. The standard InChI is InChI=1S/C10H16ClN3O/c1-4-12-5-7(2)10(15)9-8(11)6-13-14(9)3/h6-7,12H,4-5H2,1-3H3. The summed E-state index contributed by atoms with van der Waals surface area (Å²) >= 11 is 5.89. The fourth-order valence-electron chi connectivity index (χ4n) is 1.37. The molecule has 1 rings (SSSR count). The number of nitrogens with one attached hydrogen (secondary N) is 1. The van der Waals surface area contributed by atoms with Crippen molar-refractivity contribution in [2.24, 2.45) is 13.0 Å². The van der Waals surface area contributed by atoms with Crippen LogP contribution in [0.25, 0.3) is 0 Å². The molecule has 1 atom stereocenters. The van der Waals surface area contributed by atoms with Gasteiger partial charge in [-0.25, -0.2) is 0 Å². The second-order valence-corrected chi connectivity index (χ2v) is 3.94. The van der Waals surface area contributed by atoms with Crippen LogP contribution in [-0.4, -0.2) is 28.7 Å². The van der Waals surface area contributed by atoms with Crippen molar-refractivity contribution in [1.29, 1.82) is 0 Å². The van der Waals surface area contributed by atoms with Crippen LogP contribution in [0.4, 0.5) is 0 Å². The number of rotatable bonds is 5. The van der Waals surface area contributed by atoms with E-state index in [1.807, 2.05) is 13.8 Å². The first-order chi connectivity index (χ1) is 7.07. The third-order valence-corrected chi connectivity index (χ3v) is 2.55. The molecule has 0 saturated carbocycles. The van der Waals surface area contributed by atoms with Gasteiger partial charge >= 0.3 is 0 Å². The van der Waals surface area contributed by atoms with E-state index >= 15 is 0 Å². The van der Waals surface area contributed by atoms with Crippen molar-refractivity contribution in [2.75, 3.05) is 13.1 Å². The van der Waals surface area contributed by atoms with Crippen LogP contribution in [0.2, 0.25) is 5.02 Å². The van der Waals surface area contributed by atoms with Gasteiger partial charge in [0.05, 0.1) is 11.2 Å². The zero-order valence-electron chi connectivity index (χ0n) is 9.25. The number of halogens is 1. The maximum atomic E-state index is 12.0. The lowest BCUT2D eigenvalue weighted by Crippen LogP contribution is -2.27. The van der Waals surface area contributed by atoms with Crippen LogP contribution in [0.5, 0.6) is 0 Å². The average molecular weight is 230 g/mol.